The molecular formula is C15H24N4OS. The Morgan fingerprint density at radius 3 is 2.81 bits per heavy atom. The second-order valence-corrected chi connectivity index (χ2v) is 7.39. The number of aromatic nitrogens is 2. The first-order chi connectivity index (χ1) is 10.2. The molecule has 1 aromatic rings. The molecule has 2 aliphatic heterocycles. The number of unbranched alkanes of at least 4 members (excludes halogenated alkanes) is 1. The zero-order valence-corrected chi connectivity index (χ0v) is 13.4. The van der Waals surface area contributed by atoms with Crippen LogP contribution in [0.1, 0.15) is 56.9 Å². The predicted octanol–water partition coefficient (Wildman–Crippen LogP) is 2.74. The number of nitrogens with one attached hydrogen (secondary N) is 2. The highest BCUT2D eigenvalue weighted by Gasteiger charge is 2.34. The Morgan fingerprint density at radius 2 is 2.10 bits per heavy atom. The van der Waals surface area contributed by atoms with E-state index in [1.165, 1.54) is 24.2 Å². The number of aryl methyl sites for hydroxylation is 1. The van der Waals surface area contributed by atoms with Crippen LogP contribution in [0.2, 0.25) is 0 Å². The summed E-state index contributed by atoms with van der Waals surface area (Å²) in [6.07, 6.45) is 8.70. The Morgan fingerprint density at radius 1 is 1.33 bits per heavy atom. The molecule has 0 aliphatic carbocycles. The minimum Gasteiger partial charge on any atom is -0.311 e. The van der Waals surface area contributed by atoms with Crippen LogP contribution in [0.25, 0.3) is 0 Å². The molecule has 2 unspecified atom stereocenters. The van der Waals surface area contributed by atoms with E-state index in [0.29, 0.717) is 29.6 Å². The van der Waals surface area contributed by atoms with E-state index < -0.39 is 0 Å². The van der Waals surface area contributed by atoms with E-state index in [4.69, 9.17) is 0 Å². The van der Waals surface area contributed by atoms with Crippen molar-refractivity contribution in [2.24, 2.45) is 5.92 Å². The molecule has 21 heavy (non-hydrogen) atoms. The number of piperidine rings is 1. The molecule has 1 amide bonds. The summed E-state index contributed by atoms with van der Waals surface area (Å²) in [6.45, 7) is 2.16. The normalized spacial score (nSPS) is 27.8. The summed E-state index contributed by atoms with van der Waals surface area (Å²) in [5, 5.41) is 16.4. The van der Waals surface area contributed by atoms with E-state index in [0.717, 1.165) is 37.1 Å². The lowest BCUT2D eigenvalue weighted by Crippen LogP contribution is -2.39. The van der Waals surface area contributed by atoms with Gasteiger partial charge in [-0.1, -0.05) is 24.7 Å². The van der Waals surface area contributed by atoms with Gasteiger partial charge in [-0.2, -0.15) is 0 Å². The minimum absolute atomic E-state index is 0.0968. The summed E-state index contributed by atoms with van der Waals surface area (Å²) >= 11 is 1.51. The maximum Gasteiger partial charge on any atom is 0.226 e. The average Bonchev–Trinajstić information content (AvgIpc) is 3.03. The Hall–Kier alpha value is -1.01. The van der Waals surface area contributed by atoms with Crippen molar-refractivity contribution in [3.8, 4) is 0 Å². The van der Waals surface area contributed by atoms with E-state index in [-0.39, 0.29) is 5.91 Å². The van der Waals surface area contributed by atoms with Gasteiger partial charge in [-0.3, -0.25) is 4.79 Å². The molecule has 0 saturated carbocycles. The third-order valence-electron chi connectivity index (χ3n) is 4.50. The SMILES string of the molecule is CCCCc1nnc(NC(=O)CC2CC3CCC(C2)N3)s1. The molecule has 6 heteroatoms. The molecular weight excluding hydrogens is 284 g/mol. The number of nitrogens with zero attached hydrogens (tertiary/aromatic N) is 2. The molecule has 0 spiro atoms. The molecule has 2 N–H and O–H groups in total. The highest BCUT2D eigenvalue weighted by molar-refractivity contribution is 7.15. The molecule has 2 saturated heterocycles. The number of amides is 1. The maximum absolute atomic E-state index is 12.1. The van der Waals surface area contributed by atoms with Gasteiger partial charge < -0.3 is 10.6 Å². The zero-order chi connectivity index (χ0) is 14.7. The molecule has 3 rings (SSSR count). The van der Waals surface area contributed by atoms with Crippen molar-refractivity contribution in [2.75, 3.05) is 5.32 Å². The van der Waals surface area contributed by atoms with Crippen molar-refractivity contribution in [3.63, 3.8) is 0 Å². The second-order valence-electron chi connectivity index (χ2n) is 6.33. The van der Waals surface area contributed by atoms with Gasteiger partial charge in [0.2, 0.25) is 11.0 Å². The third-order valence-corrected chi connectivity index (χ3v) is 5.40. The average molecular weight is 308 g/mol. The van der Waals surface area contributed by atoms with Crippen LogP contribution in [0.4, 0.5) is 5.13 Å². The van der Waals surface area contributed by atoms with Crippen LogP contribution in [0.5, 0.6) is 0 Å². The number of carbonyl (C=O) groups is 1. The number of carbonyl (C=O) groups excluding carboxylic acids is 1. The third kappa shape index (κ3) is 4.01. The van der Waals surface area contributed by atoms with E-state index in [2.05, 4.69) is 27.8 Å². The number of hydrogen-bond acceptors (Lipinski definition) is 5. The fraction of sp³-hybridized carbons (Fsp3) is 0.800. The Labute approximate surface area is 129 Å². The summed E-state index contributed by atoms with van der Waals surface area (Å²) in [6, 6.07) is 1.28. The standard InChI is InChI=1S/C15H24N4OS/c1-2-3-4-14-18-19-15(21-14)17-13(20)9-10-7-11-5-6-12(8-10)16-11/h10-12,16H,2-9H2,1H3,(H,17,19,20). The predicted molar refractivity (Wildman–Crippen MR) is 84.4 cm³/mol. The van der Waals surface area contributed by atoms with Gasteiger partial charge in [-0.25, -0.2) is 0 Å². The Balaban J connectivity index is 1.46. The van der Waals surface area contributed by atoms with Crippen LogP contribution in [0, 0.1) is 5.92 Å². The number of anilines is 1. The molecule has 0 radical (unpaired) electrons. The summed E-state index contributed by atoms with van der Waals surface area (Å²) < 4.78 is 0. The molecule has 1 aromatic heterocycles. The van der Waals surface area contributed by atoms with E-state index in [9.17, 15) is 4.79 Å². The first-order valence-corrected chi connectivity index (χ1v) is 8.93. The van der Waals surface area contributed by atoms with Crippen molar-refractivity contribution in [2.45, 2.75) is 70.4 Å². The van der Waals surface area contributed by atoms with Gasteiger partial charge in [-0.05, 0) is 38.0 Å². The van der Waals surface area contributed by atoms with Crippen molar-refractivity contribution < 1.29 is 4.79 Å². The Kier molecular flexibility index (Phi) is 4.85. The summed E-state index contributed by atoms with van der Waals surface area (Å²) in [4.78, 5) is 12.1. The van der Waals surface area contributed by atoms with Crippen LogP contribution in [0.3, 0.4) is 0 Å². The molecule has 0 aromatic carbocycles. The molecule has 5 nitrogen and oxygen atoms in total. The summed E-state index contributed by atoms with van der Waals surface area (Å²) in [7, 11) is 0. The first kappa shape index (κ1) is 14.9. The van der Waals surface area contributed by atoms with Crippen LogP contribution < -0.4 is 10.6 Å². The van der Waals surface area contributed by atoms with Gasteiger partial charge in [0.05, 0.1) is 0 Å². The number of hydrogen-bond donors (Lipinski definition) is 2. The van der Waals surface area contributed by atoms with Crippen LogP contribution in [-0.4, -0.2) is 28.2 Å². The van der Waals surface area contributed by atoms with E-state index in [1.54, 1.807) is 0 Å². The van der Waals surface area contributed by atoms with Gasteiger partial charge in [0, 0.05) is 24.9 Å². The monoisotopic (exact) mass is 308 g/mol. The molecule has 2 aliphatic rings. The minimum atomic E-state index is 0.0968. The molecule has 2 bridgehead atoms. The lowest BCUT2D eigenvalue weighted by Gasteiger charge is -2.28. The first-order valence-electron chi connectivity index (χ1n) is 8.11. The zero-order valence-electron chi connectivity index (χ0n) is 12.6. The number of rotatable bonds is 6. The van der Waals surface area contributed by atoms with Gasteiger partial charge in [-0.15, -0.1) is 10.2 Å². The molecule has 116 valence electrons. The van der Waals surface area contributed by atoms with Crippen LogP contribution in [0.15, 0.2) is 0 Å². The van der Waals surface area contributed by atoms with Crippen molar-refractivity contribution in [1.29, 1.82) is 0 Å². The van der Waals surface area contributed by atoms with E-state index in [1.807, 2.05) is 0 Å². The summed E-state index contributed by atoms with van der Waals surface area (Å²) in [5.74, 6) is 0.621. The highest BCUT2D eigenvalue weighted by atomic mass is 32.1. The molecule has 3 heterocycles. The van der Waals surface area contributed by atoms with Gasteiger partial charge in [0.25, 0.3) is 0 Å². The van der Waals surface area contributed by atoms with Crippen molar-refractivity contribution in [3.05, 3.63) is 5.01 Å². The van der Waals surface area contributed by atoms with Gasteiger partial charge in [0.1, 0.15) is 5.01 Å². The fourth-order valence-corrected chi connectivity index (χ4v) is 4.31. The quantitative estimate of drug-likeness (QED) is 0.848. The smallest absolute Gasteiger partial charge is 0.226 e. The summed E-state index contributed by atoms with van der Waals surface area (Å²) in [5.41, 5.74) is 0. The topological polar surface area (TPSA) is 66.9 Å². The molecule has 2 fully saturated rings. The largest absolute Gasteiger partial charge is 0.311 e. The maximum atomic E-state index is 12.1. The Bertz CT molecular complexity index is 478. The van der Waals surface area contributed by atoms with Crippen LogP contribution >= 0.6 is 11.3 Å². The van der Waals surface area contributed by atoms with Gasteiger partial charge >= 0.3 is 0 Å². The fourth-order valence-electron chi connectivity index (χ4n) is 3.51. The lowest BCUT2D eigenvalue weighted by atomic mass is 9.89. The lowest BCUT2D eigenvalue weighted by molar-refractivity contribution is -0.117. The van der Waals surface area contributed by atoms with Crippen LogP contribution in [-0.2, 0) is 11.2 Å². The molecule has 2 atom stereocenters. The van der Waals surface area contributed by atoms with Crippen molar-refractivity contribution >= 4 is 22.4 Å². The van der Waals surface area contributed by atoms with E-state index >= 15 is 0 Å². The van der Waals surface area contributed by atoms with Gasteiger partial charge in [0.15, 0.2) is 0 Å². The second kappa shape index (κ2) is 6.83. The number of fused-ring (bicyclic) bond motifs is 2. The highest BCUT2D eigenvalue weighted by Crippen LogP contribution is 2.32. The van der Waals surface area contributed by atoms with Crippen molar-refractivity contribution in [1.82, 2.24) is 15.5 Å².